The Labute approximate surface area is 131 Å². The van der Waals surface area contributed by atoms with Gasteiger partial charge in [-0.2, -0.15) is 0 Å². The largest absolute Gasteiger partial charge is 0.361 e. The fourth-order valence-electron chi connectivity index (χ4n) is 3.16. The zero-order valence-electron chi connectivity index (χ0n) is 13.2. The smallest absolute Gasteiger partial charge is 0.276 e. The predicted molar refractivity (Wildman–Crippen MR) is 84.7 cm³/mol. The quantitative estimate of drug-likeness (QED) is 0.859. The van der Waals surface area contributed by atoms with E-state index in [1.165, 1.54) is 11.1 Å². The van der Waals surface area contributed by atoms with Crippen molar-refractivity contribution < 1.29 is 9.32 Å². The average molecular weight is 298 g/mol. The summed E-state index contributed by atoms with van der Waals surface area (Å²) >= 11 is 0. The predicted octanol–water partition coefficient (Wildman–Crippen LogP) is 3.91. The van der Waals surface area contributed by atoms with E-state index in [0.717, 1.165) is 38.0 Å². The van der Waals surface area contributed by atoms with Crippen molar-refractivity contribution in [3.05, 3.63) is 52.9 Å². The third-order valence-electron chi connectivity index (χ3n) is 4.22. The van der Waals surface area contributed by atoms with Crippen LogP contribution in [0.1, 0.15) is 59.6 Å². The Bertz CT molecular complexity index is 663. The van der Waals surface area contributed by atoms with Crippen molar-refractivity contribution in [2.45, 2.75) is 45.6 Å². The molecule has 22 heavy (non-hydrogen) atoms. The molecule has 2 aromatic rings. The number of hydrogen-bond donors (Lipinski definition) is 0. The maximum atomic E-state index is 12.7. The molecule has 0 spiro atoms. The van der Waals surface area contributed by atoms with Crippen molar-refractivity contribution in [2.75, 3.05) is 6.54 Å². The van der Waals surface area contributed by atoms with E-state index in [1.807, 2.05) is 4.90 Å². The van der Waals surface area contributed by atoms with E-state index in [0.29, 0.717) is 5.69 Å². The Morgan fingerprint density at radius 2 is 2.27 bits per heavy atom. The fraction of sp³-hybridized carbons (Fsp3) is 0.444. The molecule has 0 aliphatic carbocycles. The molecule has 2 heterocycles. The number of likely N-dealkylation sites (tertiary alicyclic amines) is 1. The molecule has 4 heteroatoms. The van der Waals surface area contributed by atoms with Crippen LogP contribution in [0.4, 0.5) is 0 Å². The zero-order valence-corrected chi connectivity index (χ0v) is 13.2. The molecule has 1 aromatic heterocycles. The summed E-state index contributed by atoms with van der Waals surface area (Å²) in [5.41, 5.74) is 2.87. The molecule has 0 unspecified atom stereocenters. The van der Waals surface area contributed by atoms with Gasteiger partial charge in [0.1, 0.15) is 5.76 Å². The fourth-order valence-corrected chi connectivity index (χ4v) is 3.16. The number of hydrogen-bond acceptors (Lipinski definition) is 3. The molecule has 4 nitrogen and oxygen atoms in total. The molecule has 1 aromatic carbocycles. The van der Waals surface area contributed by atoms with Crippen LogP contribution in [0.3, 0.4) is 0 Å². The van der Waals surface area contributed by atoms with Crippen LogP contribution in [0.2, 0.25) is 0 Å². The molecule has 1 aliphatic rings. The topological polar surface area (TPSA) is 46.3 Å². The number of carbonyl (C=O) groups excluding carboxylic acids is 1. The Balaban J connectivity index is 1.81. The van der Waals surface area contributed by atoms with Gasteiger partial charge in [0.2, 0.25) is 0 Å². The standard InChI is InChI=1S/C18H22N2O2/c1-3-6-15-12-16(19-22-15)18(21)20-10-5-9-17(20)14-8-4-7-13(2)11-14/h4,7-8,11-12,17H,3,5-6,9-10H2,1-2H3/t17-/m1/s1. The average Bonchev–Trinajstić information content (AvgIpc) is 3.16. The van der Waals surface area contributed by atoms with Gasteiger partial charge in [-0.25, -0.2) is 0 Å². The van der Waals surface area contributed by atoms with Crippen molar-refractivity contribution in [3.8, 4) is 0 Å². The number of amides is 1. The Kier molecular flexibility index (Phi) is 4.27. The second-order valence-corrected chi connectivity index (χ2v) is 6.00. The lowest BCUT2D eigenvalue weighted by Crippen LogP contribution is -2.30. The molecule has 0 N–H and O–H groups in total. The summed E-state index contributed by atoms with van der Waals surface area (Å²) < 4.78 is 5.25. The highest BCUT2D eigenvalue weighted by Gasteiger charge is 2.32. The summed E-state index contributed by atoms with van der Waals surface area (Å²) in [6.07, 6.45) is 3.85. The number of benzene rings is 1. The summed E-state index contributed by atoms with van der Waals surface area (Å²) in [5.74, 6) is 0.771. The minimum atomic E-state index is -0.0184. The monoisotopic (exact) mass is 298 g/mol. The van der Waals surface area contributed by atoms with Gasteiger partial charge in [-0.1, -0.05) is 41.9 Å². The lowest BCUT2D eigenvalue weighted by atomic mass is 10.0. The van der Waals surface area contributed by atoms with Crippen LogP contribution < -0.4 is 0 Å². The van der Waals surface area contributed by atoms with Gasteiger partial charge in [0.15, 0.2) is 5.69 Å². The van der Waals surface area contributed by atoms with Crippen LogP contribution in [0.5, 0.6) is 0 Å². The Hall–Kier alpha value is -2.10. The second kappa shape index (κ2) is 6.34. The second-order valence-electron chi connectivity index (χ2n) is 6.00. The minimum absolute atomic E-state index is 0.0184. The molecular weight excluding hydrogens is 276 g/mol. The first-order valence-corrected chi connectivity index (χ1v) is 8.02. The summed E-state index contributed by atoms with van der Waals surface area (Å²) in [7, 11) is 0. The highest BCUT2D eigenvalue weighted by Crippen LogP contribution is 2.33. The Morgan fingerprint density at radius 3 is 3.05 bits per heavy atom. The molecule has 1 atom stereocenters. The molecule has 0 radical (unpaired) electrons. The molecule has 0 saturated carbocycles. The number of carbonyl (C=O) groups is 1. The third kappa shape index (κ3) is 2.91. The van der Waals surface area contributed by atoms with Crippen LogP contribution in [0, 0.1) is 6.92 Å². The Morgan fingerprint density at radius 1 is 1.41 bits per heavy atom. The number of aryl methyl sites for hydroxylation is 2. The van der Waals surface area contributed by atoms with Crippen LogP contribution >= 0.6 is 0 Å². The van der Waals surface area contributed by atoms with Crippen molar-refractivity contribution in [1.29, 1.82) is 0 Å². The van der Waals surface area contributed by atoms with Gasteiger partial charge in [-0.15, -0.1) is 0 Å². The highest BCUT2D eigenvalue weighted by molar-refractivity contribution is 5.92. The van der Waals surface area contributed by atoms with E-state index in [-0.39, 0.29) is 11.9 Å². The van der Waals surface area contributed by atoms with Crippen molar-refractivity contribution in [1.82, 2.24) is 10.1 Å². The lowest BCUT2D eigenvalue weighted by molar-refractivity contribution is 0.0725. The van der Waals surface area contributed by atoms with E-state index in [9.17, 15) is 4.79 Å². The van der Waals surface area contributed by atoms with Crippen LogP contribution in [0.15, 0.2) is 34.9 Å². The normalized spacial score (nSPS) is 17.9. The van der Waals surface area contributed by atoms with Gasteiger partial charge >= 0.3 is 0 Å². The number of aromatic nitrogens is 1. The van der Waals surface area contributed by atoms with E-state index in [1.54, 1.807) is 6.07 Å². The summed E-state index contributed by atoms with van der Waals surface area (Å²) in [6, 6.07) is 10.4. The number of rotatable bonds is 4. The minimum Gasteiger partial charge on any atom is -0.361 e. The van der Waals surface area contributed by atoms with Crippen LogP contribution in [-0.2, 0) is 6.42 Å². The maximum Gasteiger partial charge on any atom is 0.276 e. The van der Waals surface area contributed by atoms with Crippen LogP contribution in [0.25, 0.3) is 0 Å². The lowest BCUT2D eigenvalue weighted by Gasteiger charge is -2.24. The third-order valence-corrected chi connectivity index (χ3v) is 4.22. The zero-order chi connectivity index (χ0) is 15.5. The van der Waals surface area contributed by atoms with Gasteiger partial charge < -0.3 is 9.42 Å². The van der Waals surface area contributed by atoms with Crippen molar-refractivity contribution >= 4 is 5.91 Å². The van der Waals surface area contributed by atoms with Crippen LogP contribution in [-0.4, -0.2) is 22.5 Å². The van der Waals surface area contributed by atoms with Crippen molar-refractivity contribution in [3.63, 3.8) is 0 Å². The highest BCUT2D eigenvalue weighted by atomic mass is 16.5. The maximum absolute atomic E-state index is 12.7. The molecule has 3 rings (SSSR count). The summed E-state index contributed by atoms with van der Waals surface area (Å²) in [6.45, 7) is 4.95. The molecule has 1 aliphatic heterocycles. The molecule has 1 fully saturated rings. The van der Waals surface area contributed by atoms with Gasteiger partial charge in [0, 0.05) is 19.0 Å². The molecule has 1 amide bonds. The van der Waals surface area contributed by atoms with E-state index >= 15 is 0 Å². The molecular formula is C18H22N2O2. The molecule has 0 bridgehead atoms. The van der Waals surface area contributed by atoms with E-state index < -0.39 is 0 Å². The SMILES string of the molecule is CCCc1cc(C(=O)N2CCC[C@@H]2c2cccc(C)c2)no1. The van der Waals surface area contributed by atoms with E-state index in [4.69, 9.17) is 4.52 Å². The summed E-state index contributed by atoms with van der Waals surface area (Å²) in [5, 5.41) is 3.96. The van der Waals surface area contributed by atoms with Gasteiger partial charge in [0.05, 0.1) is 6.04 Å². The van der Waals surface area contributed by atoms with Gasteiger partial charge in [-0.3, -0.25) is 4.79 Å². The number of nitrogens with zero attached hydrogens (tertiary/aromatic N) is 2. The van der Waals surface area contributed by atoms with Gasteiger partial charge in [0.25, 0.3) is 5.91 Å². The first-order chi connectivity index (χ1) is 10.7. The molecule has 1 saturated heterocycles. The molecule has 116 valence electrons. The van der Waals surface area contributed by atoms with Gasteiger partial charge in [-0.05, 0) is 31.7 Å². The first kappa shape index (κ1) is 14.8. The van der Waals surface area contributed by atoms with Crippen molar-refractivity contribution in [2.24, 2.45) is 0 Å². The van der Waals surface area contributed by atoms with E-state index in [2.05, 4.69) is 43.3 Å². The summed E-state index contributed by atoms with van der Waals surface area (Å²) in [4.78, 5) is 14.7. The first-order valence-electron chi connectivity index (χ1n) is 8.02.